The van der Waals surface area contributed by atoms with E-state index in [1.807, 2.05) is 24.3 Å². The van der Waals surface area contributed by atoms with Crippen molar-refractivity contribution in [2.45, 2.75) is 31.6 Å². The normalized spacial score (nSPS) is 19.1. The standard InChI is InChI=1S/C24H25N3O3/c1-29-19-9-6-17(7-10-19)23-20-11-8-18(28)14-22(20)30-24(21(23)15-25)26-16-27-12-4-2-3-5-13-27/h6-11,14,16,23,28H,2-5,12-13H2,1H3. The zero-order chi connectivity index (χ0) is 20.9. The molecular formula is C24H25N3O3. The maximum atomic E-state index is 10.0. The van der Waals surface area contributed by atoms with Crippen LogP contribution in [-0.2, 0) is 0 Å². The molecule has 6 nitrogen and oxygen atoms in total. The van der Waals surface area contributed by atoms with Crippen molar-refractivity contribution in [3.63, 3.8) is 0 Å². The maximum Gasteiger partial charge on any atom is 0.235 e. The number of likely N-dealkylation sites (tertiary alicyclic amines) is 1. The van der Waals surface area contributed by atoms with Crippen LogP contribution in [0.3, 0.4) is 0 Å². The van der Waals surface area contributed by atoms with E-state index in [1.165, 1.54) is 12.8 Å². The van der Waals surface area contributed by atoms with E-state index in [1.54, 1.807) is 31.6 Å². The molecule has 1 N–H and O–H groups in total. The van der Waals surface area contributed by atoms with Gasteiger partial charge in [-0.15, -0.1) is 0 Å². The zero-order valence-electron chi connectivity index (χ0n) is 17.0. The second kappa shape index (κ2) is 8.91. The van der Waals surface area contributed by atoms with Gasteiger partial charge in [0, 0.05) is 24.7 Å². The highest BCUT2D eigenvalue weighted by atomic mass is 16.5. The van der Waals surface area contributed by atoms with Crippen molar-refractivity contribution < 1.29 is 14.6 Å². The molecule has 0 aromatic heterocycles. The number of fused-ring (bicyclic) bond motifs is 1. The average Bonchev–Trinajstić information content (AvgIpc) is 3.05. The number of ether oxygens (including phenoxy) is 2. The minimum atomic E-state index is -0.332. The lowest BCUT2D eigenvalue weighted by atomic mass is 9.83. The smallest absolute Gasteiger partial charge is 0.235 e. The Balaban J connectivity index is 1.75. The Morgan fingerprint density at radius 2 is 1.87 bits per heavy atom. The molecule has 0 aliphatic carbocycles. The van der Waals surface area contributed by atoms with Crippen molar-refractivity contribution in [1.29, 1.82) is 5.26 Å². The molecule has 2 aliphatic rings. The van der Waals surface area contributed by atoms with E-state index in [2.05, 4.69) is 16.0 Å². The topological polar surface area (TPSA) is 78.1 Å². The van der Waals surface area contributed by atoms with Gasteiger partial charge in [-0.2, -0.15) is 5.26 Å². The summed E-state index contributed by atoms with van der Waals surface area (Å²) in [4.78, 5) is 6.75. The second-order valence-corrected chi connectivity index (χ2v) is 7.56. The molecule has 30 heavy (non-hydrogen) atoms. The third kappa shape index (κ3) is 4.11. The predicted octanol–water partition coefficient (Wildman–Crippen LogP) is 4.56. The molecule has 1 saturated heterocycles. The summed E-state index contributed by atoms with van der Waals surface area (Å²) in [5.74, 6) is 1.32. The van der Waals surface area contributed by atoms with Crippen LogP contribution in [0.25, 0.3) is 0 Å². The number of hydrogen-bond donors (Lipinski definition) is 1. The molecule has 0 amide bonds. The average molecular weight is 403 g/mol. The number of nitrogens with zero attached hydrogens (tertiary/aromatic N) is 3. The van der Waals surface area contributed by atoms with Crippen molar-refractivity contribution in [2.75, 3.05) is 20.2 Å². The first-order valence-corrected chi connectivity index (χ1v) is 10.3. The first-order chi connectivity index (χ1) is 14.7. The molecule has 0 bridgehead atoms. The first-order valence-electron chi connectivity index (χ1n) is 10.3. The minimum absolute atomic E-state index is 0.110. The van der Waals surface area contributed by atoms with Gasteiger partial charge in [-0.05, 0) is 36.6 Å². The van der Waals surface area contributed by atoms with E-state index in [0.29, 0.717) is 11.3 Å². The number of phenolic OH excluding ortho intramolecular Hbond substituents is 1. The van der Waals surface area contributed by atoms with Gasteiger partial charge in [-0.25, -0.2) is 4.99 Å². The van der Waals surface area contributed by atoms with Gasteiger partial charge in [0.2, 0.25) is 5.88 Å². The summed E-state index contributed by atoms with van der Waals surface area (Å²) in [6.07, 6.45) is 6.54. The highest BCUT2D eigenvalue weighted by Crippen LogP contribution is 2.44. The number of rotatable bonds is 4. The Morgan fingerprint density at radius 3 is 2.53 bits per heavy atom. The van der Waals surface area contributed by atoms with Crippen LogP contribution in [0, 0.1) is 11.3 Å². The quantitative estimate of drug-likeness (QED) is 0.598. The van der Waals surface area contributed by atoms with Gasteiger partial charge in [-0.1, -0.05) is 31.0 Å². The van der Waals surface area contributed by atoms with Gasteiger partial charge in [-0.3, -0.25) is 0 Å². The summed E-state index contributed by atoms with van der Waals surface area (Å²) in [7, 11) is 1.62. The van der Waals surface area contributed by atoms with E-state index >= 15 is 0 Å². The highest BCUT2D eigenvalue weighted by Gasteiger charge is 2.32. The Kier molecular flexibility index (Phi) is 5.89. The Hall–Kier alpha value is -3.46. The van der Waals surface area contributed by atoms with Gasteiger partial charge >= 0.3 is 0 Å². The molecular weight excluding hydrogens is 378 g/mol. The summed E-state index contributed by atoms with van der Waals surface area (Å²) in [6, 6.07) is 14.9. The van der Waals surface area contributed by atoms with Crippen molar-refractivity contribution in [3.8, 4) is 23.3 Å². The molecule has 2 aromatic rings. The number of allylic oxidation sites excluding steroid dienone is 1. The molecule has 0 radical (unpaired) electrons. The lowest BCUT2D eigenvalue weighted by molar-refractivity contribution is 0.384. The van der Waals surface area contributed by atoms with Crippen LogP contribution in [0.4, 0.5) is 0 Å². The van der Waals surface area contributed by atoms with Crippen LogP contribution in [0.1, 0.15) is 42.7 Å². The molecule has 154 valence electrons. The molecule has 2 aromatic carbocycles. The summed E-state index contributed by atoms with van der Waals surface area (Å²) in [5, 5.41) is 20.0. The predicted molar refractivity (Wildman–Crippen MR) is 115 cm³/mol. The highest BCUT2D eigenvalue weighted by molar-refractivity contribution is 5.61. The second-order valence-electron chi connectivity index (χ2n) is 7.56. The molecule has 2 heterocycles. The van der Waals surface area contributed by atoms with E-state index in [0.717, 1.165) is 42.8 Å². The lowest BCUT2D eigenvalue weighted by Crippen LogP contribution is -2.23. The number of nitriles is 1. The number of phenols is 1. The van der Waals surface area contributed by atoms with Crippen LogP contribution in [0.2, 0.25) is 0 Å². The number of aliphatic imine (C=N–C) groups is 1. The van der Waals surface area contributed by atoms with E-state index in [4.69, 9.17) is 9.47 Å². The molecule has 0 spiro atoms. The molecule has 2 aliphatic heterocycles. The molecule has 0 saturated carbocycles. The lowest BCUT2D eigenvalue weighted by Gasteiger charge is -2.27. The van der Waals surface area contributed by atoms with Crippen molar-refractivity contribution in [1.82, 2.24) is 4.90 Å². The van der Waals surface area contributed by atoms with Gasteiger partial charge in [0.05, 0.1) is 19.4 Å². The van der Waals surface area contributed by atoms with Gasteiger partial charge in [0.1, 0.15) is 28.9 Å². The van der Waals surface area contributed by atoms with Crippen LogP contribution < -0.4 is 9.47 Å². The van der Waals surface area contributed by atoms with E-state index in [9.17, 15) is 10.4 Å². The van der Waals surface area contributed by atoms with Crippen LogP contribution in [0.5, 0.6) is 17.2 Å². The maximum absolute atomic E-state index is 10.0. The van der Waals surface area contributed by atoms with Crippen LogP contribution in [0.15, 0.2) is 58.9 Å². The van der Waals surface area contributed by atoms with Crippen LogP contribution >= 0.6 is 0 Å². The number of methoxy groups -OCH3 is 1. The summed E-state index contributed by atoms with van der Waals surface area (Å²) in [5.41, 5.74) is 2.21. The molecule has 1 unspecified atom stereocenters. The third-order valence-electron chi connectivity index (χ3n) is 5.58. The minimum Gasteiger partial charge on any atom is -0.508 e. The third-order valence-corrected chi connectivity index (χ3v) is 5.58. The summed E-state index contributed by atoms with van der Waals surface area (Å²) >= 11 is 0. The molecule has 1 fully saturated rings. The van der Waals surface area contributed by atoms with Gasteiger partial charge < -0.3 is 19.5 Å². The summed E-state index contributed by atoms with van der Waals surface area (Å²) in [6.45, 7) is 1.91. The van der Waals surface area contributed by atoms with Gasteiger partial charge in [0.15, 0.2) is 0 Å². The fraction of sp³-hybridized carbons (Fsp3) is 0.333. The molecule has 1 atom stereocenters. The fourth-order valence-electron chi connectivity index (χ4n) is 3.98. The monoisotopic (exact) mass is 403 g/mol. The van der Waals surface area contributed by atoms with Crippen molar-refractivity contribution in [3.05, 3.63) is 65.0 Å². The Labute approximate surface area is 176 Å². The molecule has 6 heteroatoms. The SMILES string of the molecule is COc1ccc(C2C(C#N)=C(N=CN3CCCCCC3)Oc3cc(O)ccc32)cc1. The van der Waals surface area contributed by atoms with E-state index < -0.39 is 0 Å². The summed E-state index contributed by atoms with van der Waals surface area (Å²) < 4.78 is 11.3. The number of benzene rings is 2. The van der Waals surface area contributed by atoms with Crippen molar-refractivity contribution >= 4 is 6.34 Å². The number of hydrogen-bond acceptors (Lipinski definition) is 5. The Bertz CT molecular complexity index is 997. The molecule has 4 rings (SSSR count). The first kappa shape index (κ1) is 19.8. The van der Waals surface area contributed by atoms with E-state index in [-0.39, 0.29) is 17.6 Å². The van der Waals surface area contributed by atoms with Crippen LogP contribution in [-0.4, -0.2) is 36.5 Å². The van der Waals surface area contributed by atoms with Gasteiger partial charge in [0.25, 0.3) is 0 Å². The zero-order valence-corrected chi connectivity index (χ0v) is 17.0. The van der Waals surface area contributed by atoms with Crippen molar-refractivity contribution in [2.24, 2.45) is 4.99 Å². The Morgan fingerprint density at radius 1 is 1.13 bits per heavy atom. The largest absolute Gasteiger partial charge is 0.508 e. The number of aromatic hydroxyl groups is 1. The fourth-order valence-corrected chi connectivity index (χ4v) is 3.98.